The summed E-state index contributed by atoms with van der Waals surface area (Å²) in [7, 11) is 0. The monoisotopic (exact) mass is 352 g/mol. The van der Waals surface area contributed by atoms with Crippen molar-refractivity contribution in [2.45, 2.75) is 116 Å². The summed E-state index contributed by atoms with van der Waals surface area (Å²) >= 11 is 0. The summed E-state index contributed by atoms with van der Waals surface area (Å²) in [5.41, 5.74) is -0.553. The normalized spacial score (nSPS) is 19.6. The molecule has 25 heavy (non-hydrogen) atoms. The van der Waals surface area contributed by atoms with Crippen LogP contribution in [0.5, 0.6) is 0 Å². The fourth-order valence-electron chi connectivity index (χ4n) is 4.21. The first-order chi connectivity index (χ1) is 11.7. The summed E-state index contributed by atoms with van der Waals surface area (Å²) in [4.78, 5) is 11.7. The number of unbranched alkanes of at least 4 members (excludes halogenated alkanes) is 9. The molecule has 145 valence electrons. The van der Waals surface area contributed by atoms with Crippen molar-refractivity contribution < 1.29 is 15.1 Å². The third-order valence-electron chi connectivity index (χ3n) is 5.66. The summed E-state index contributed by atoms with van der Waals surface area (Å²) in [5, 5.41) is 23.1. The Balaban J connectivity index is 2.42. The highest BCUT2D eigenvalue weighted by molar-refractivity contribution is 5.91. The summed E-state index contributed by atoms with van der Waals surface area (Å²) in [6.07, 6.45) is 13.3. The molecule has 0 fully saturated rings. The maximum Gasteiger partial charge on any atom is 0.333 e. The van der Waals surface area contributed by atoms with Crippen molar-refractivity contribution in [3.63, 3.8) is 0 Å². The average molecular weight is 353 g/mol. The summed E-state index contributed by atoms with van der Waals surface area (Å²) in [5.74, 6) is -0.946. The molecule has 4 nitrogen and oxygen atoms in total. The molecule has 0 spiro atoms. The zero-order valence-corrected chi connectivity index (χ0v) is 17.0. The summed E-state index contributed by atoms with van der Waals surface area (Å²) < 4.78 is 0. The van der Waals surface area contributed by atoms with Gasteiger partial charge in [-0.15, -0.1) is 10.3 Å². The molecule has 0 unspecified atom stereocenters. The smallest absolute Gasteiger partial charge is 0.333 e. The van der Waals surface area contributed by atoms with Crippen molar-refractivity contribution in [1.82, 2.24) is 5.06 Å². The van der Waals surface area contributed by atoms with Crippen LogP contribution >= 0.6 is 0 Å². The van der Waals surface area contributed by atoms with Crippen LogP contribution in [0, 0.1) is 0 Å². The number of carbonyl (C=O) groups is 1. The molecular weight excluding hydrogens is 314 g/mol. The molecule has 0 aromatic rings. The van der Waals surface area contributed by atoms with Crippen LogP contribution in [-0.2, 0) is 10.0 Å². The number of hydrogen-bond donors (Lipinski definition) is 1. The molecule has 1 heterocycles. The largest absolute Gasteiger partial charge is 0.478 e. The second-order valence-electron chi connectivity index (χ2n) is 8.50. The number of hydroxylamine groups is 2. The zero-order valence-electron chi connectivity index (χ0n) is 17.0. The number of hydrogen-bond acceptors (Lipinski definition) is 2. The molecule has 4 heteroatoms. The van der Waals surface area contributed by atoms with E-state index in [1.54, 1.807) is 13.8 Å². The van der Waals surface area contributed by atoms with Crippen molar-refractivity contribution in [2.24, 2.45) is 0 Å². The van der Waals surface area contributed by atoms with E-state index in [4.69, 9.17) is 0 Å². The molecule has 0 amide bonds. The fourth-order valence-corrected chi connectivity index (χ4v) is 4.21. The van der Waals surface area contributed by atoms with Gasteiger partial charge in [-0.1, -0.05) is 64.7 Å². The predicted molar refractivity (Wildman–Crippen MR) is 102 cm³/mol. The lowest BCUT2D eigenvalue weighted by Crippen LogP contribution is -2.48. The predicted octanol–water partition coefficient (Wildman–Crippen LogP) is 5.90. The van der Waals surface area contributed by atoms with Crippen molar-refractivity contribution in [3.8, 4) is 0 Å². The Labute approximate surface area is 154 Å². The van der Waals surface area contributed by atoms with Gasteiger partial charge in [-0.2, -0.15) is 0 Å². The topological polar surface area (TPSA) is 60.4 Å². The molecule has 0 aromatic carbocycles. The average Bonchev–Trinajstić information content (AvgIpc) is 2.66. The quantitative estimate of drug-likeness (QED) is 0.445. The van der Waals surface area contributed by atoms with Gasteiger partial charge in [0.1, 0.15) is 0 Å². The Kier molecular flexibility index (Phi) is 8.62. The Morgan fingerprint density at radius 2 is 1.28 bits per heavy atom. The third-order valence-corrected chi connectivity index (χ3v) is 5.66. The maximum absolute atomic E-state index is 12.6. The van der Waals surface area contributed by atoms with Gasteiger partial charge in [0, 0.05) is 0 Å². The van der Waals surface area contributed by atoms with Crippen LogP contribution in [0.1, 0.15) is 105 Å². The highest BCUT2D eigenvalue weighted by atomic mass is 16.5. The number of nitrogens with zero attached hydrogens (tertiary/aromatic N) is 1. The van der Waals surface area contributed by atoms with E-state index < -0.39 is 17.0 Å². The number of carboxylic acids is 1. The molecule has 1 aliphatic rings. The minimum absolute atomic E-state index is 0.309. The van der Waals surface area contributed by atoms with Gasteiger partial charge in [0.25, 0.3) is 0 Å². The van der Waals surface area contributed by atoms with Crippen molar-refractivity contribution in [3.05, 3.63) is 11.1 Å². The summed E-state index contributed by atoms with van der Waals surface area (Å²) in [6.45, 7) is 9.38. The van der Waals surface area contributed by atoms with Gasteiger partial charge in [0.05, 0.1) is 16.7 Å². The molecule has 1 aliphatic heterocycles. The standard InChI is InChI=1S/C21H38NO3/c1-6-7-8-9-10-11-12-13-14-15-16-17-18(19(23)24)21(4,5)22(25)20(17,2)3/h6-16H2,1-5H3,(H,23,24). The highest BCUT2D eigenvalue weighted by Gasteiger charge is 2.53. The highest BCUT2D eigenvalue weighted by Crippen LogP contribution is 2.46. The SMILES string of the molecule is CCCCCCCCCCCCC1=C(C(=O)O)C(C)(C)N([O])C1(C)C. The van der Waals surface area contributed by atoms with Gasteiger partial charge in [0.2, 0.25) is 0 Å². The first kappa shape index (κ1) is 22.2. The number of carboxylic acid groups (broad SMARTS) is 1. The lowest BCUT2D eigenvalue weighted by molar-refractivity contribution is -0.241. The lowest BCUT2D eigenvalue weighted by atomic mass is 9.87. The van der Waals surface area contributed by atoms with E-state index in [2.05, 4.69) is 6.92 Å². The minimum Gasteiger partial charge on any atom is -0.478 e. The van der Waals surface area contributed by atoms with Gasteiger partial charge in [-0.25, -0.2) is 4.79 Å². The molecule has 0 bridgehead atoms. The van der Waals surface area contributed by atoms with Crippen LogP contribution in [0.25, 0.3) is 0 Å². The molecule has 0 saturated carbocycles. The van der Waals surface area contributed by atoms with Gasteiger partial charge in [-0.3, -0.25) is 0 Å². The van der Waals surface area contributed by atoms with E-state index in [0.29, 0.717) is 12.0 Å². The first-order valence-corrected chi connectivity index (χ1v) is 10.1. The van der Waals surface area contributed by atoms with Crippen LogP contribution in [0.15, 0.2) is 11.1 Å². The second-order valence-corrected chi connectivity index (χ2v) is 8.50. The van der Waals surface area contributed by atoms with E-state index in [1.165, 1.54) is 51.4 Å². The van der Waals surface area contributed by atoms with Crippen LogP contribution < -0.4 is 0 Å². The van der Waals surface area contributed by atoms with Crippen molar-refractivity contribution in [1.29, 1.82) is 0 Å². The Morgan fingerprint density at radius 1 is 0.840 bits per heavy atom. The molecule has 0 aromatic heterocycles. The number of rotatable bonds is 12. The molecule has 1 N–H and O–H groups in total. The maximum atomic E-state index is 12.6. The lowest BCUT2D eigenvalue weighted by Gasteiger charge is -2.34. The Hall–Kier alpha value is -0.870. The molecule has 0 saturated heterocycles. The van der Waals surface area contributed by atoms with E-state index >= 15 is 0 Å². The Bertz CT molecular complexity index is 466. The van der Waals surface area contributed by atoms with E-state index in [1.807, 2.05) is 13.8 Å². The molecule has 1 radical (unpaired) electrons. The minimum atomic E-state index is -0.955. The molecular formula is C21H38NO3. The van der Waals surface area contributed by atoms with E-state index in [-0.39, 0.29) is 0 Å². The zero-order chi connectivity index (χ0) is 19.1. The van der Waals surface area contributed by atoms with Gasteiger partial charge in [-0.05, 0) is 46.1 Å². The Morgan fingerprint density at radius 3 is 1.72 bits per heavy atom. The number of aliphatic carboxylic acids is 1. The van der Waals surface area contributed by atoms with Crippen molar-refractivity contribution in [2.75, 3.05) is 0 Å². The van der Waals surface area contributed by atoms with Gasteiger partial charge in [0.15, 0.2) is 0 Å². The molecule has 0 aliphatic carbocycles. The molecule has 1 rings (SSSR count). The van der Waals surface area contributed by atoms with Crippen LogP contribution in [0.4, 0.5) is 0 Å². The fraction of sp³-hybridized carbons (Fsp3) is 0.857. The van der Waals surface area contributed by atoms with Crippen LogP contribution in [-0.4, -0.2) is 27.2 Å². The molecule has 0 atom stereocenters. The summed E-state index contributed by atoms with van der Waals surface area (Å²) in [6, 6.07) is 0. The van der Waals surface area contributed by atoms with Gasteiger partial charge < -0.3 is 5.11 Å². The van der Waals surface area contributed by atoms with Crippen LogP contribution in [0.3, 0.4) is 0 Å². The van der Waals surface area contributed by atoms with E-state index in [9.17, 15) is 15.1 Å². The van der Waals surface area contributed by atoms with Crippen molar-refractivity contribution >= 4 is 5.97 Å². The first-order valence-electron chi connectivity index (χ1n) is 10.1. The van der Waals surface area contributed by atoms with Gasteiger partial charge >= 0.3 is 5.97 Å². The van der Waals surface area contributed by atoms with Crippen LogP contribution in [0.2, 0.25) is 0 Å². The second kappa shape index (κ2) is 9.72. The third kappa shape index (κ3) is 5.55. The van der Waals surface area contributed by atoms with E-state index in [0.717, 1.165) is 23.5 Å².